The molecule has 3 rings (SSSR count). The first-order chi connectivity index (χ1) is 10.1. The number of benzene rings is 2. The number of fused-ring (bicyclic) bond motifs is 1. The summed E-state index contributed by atoms with van der Waals surface area (Å²) < 4.78 is 0.970. The van der Waals surface area contributed by atoms with Crippen LogP contribution in [-0.4, -0.2) is 22.2 Å². The molecule has 0 N–H and O–H groups in total. The van der Waals surface area contributed by atoms with Gasteiger partial charge in [-0.25, -0.2) is 0 Å². The molecular formula is C16H11BrClNO2. The van der Waals surface area contributed by atoms with E-state index in [1.165, 1.54) is 0 Å². The average Bonchev–Trinajstić information content (AvgIpc) is 2.74. The number of hydrogen-bond acceptors (Lipinski definition) is 2. The third kappa shape index (κ3) is 2.61. The highest BCUT2D eigenvalue weighted by atomic mass is 79.9. The molecule has 0 saturated carbocycles. The van der Waals surface area contributed by atoms with E-state index in [0.29, 0.717) is 17.5 Å². The third-order valence-corrected chi connectivity index (χ3v) is 4.30. The second kappa shape index (κ2) is 5.62. The van der Waals surface area contributed by atoms with Crippen molar-refractivity contribution in [3.63, 3.8) is 0 Å². The molecule has 1 aliphatic heterocycles. The first kappa shape index (κ1) is 14.3. The van der Waals surface area contributed by atoms with Gasteiger partial charge in [-0.3, -0.25) is 14.5 Å². The predicted octanol–water partition coefficient (Wildman–Crippen LogP) is 3.85. The Morgan fingerprint density at radius 1 is 0.952 bits per heavy atom. The Bertz CT molecular complexity index is 679. The van der Waals surface area contributed by atoms with Crippen molar-refractivity contribution in [1.29, 1.82) is 0 Å². The minimum absolute atomic E-state index is 0.326. The van der Waals surface area contributed by atoms with Gasteiger partial charge >= 0.3 is 0 Å². The number of imide groups is 1. The summed E-state index contributed by atoms with van der Waals surface area (Å²) in [6.07, 6.45) is 0.417. The first-order valence-electron chi connectivity index (χ1n) is 6.43. The summed E-state index contributed by atoms with van der Waals surface area (Å²) in [5.41, 5.74) is 1.11. The summed E-state index contributed by atoms with van der Waals surface area (Å²) >= 11 is 9.68. The Kier molecular flexibility index (Phi) is 3.83. The number of rotatable bonds is 3. The van der Waals surface area contributed by atoms with Crippen molar-refractivity contribution in [2.45, 2.75) is 11.9 Å². The van der Waals surface area contributed by atoms with E-state index < -0.39 is 5.50 Å². The van der Waals surface area contributed by atoms with Crippen LogP contribution in [0, 0.1) is 0 Å². The van der Waals surface area contributed by atoms with E-state index in [4.69, 9.17) is 11.6 Å². The van der Waals surface area contributed by atoms with Gasteiger partial charge < -0.3 is 0 Å². The number of carbonyl (C=O) groups excluding carboxylic acids is 2. The zero-order chi connectivity index (χ0) is 15.0. The Labute approximate surface area is 135 Å². The lowest BCUT2D eigenvalue weighted by Crippen LogP contribution is -2.37. The normalized spacial score (nSPS) is 15.2. The van der Waals surface area contributed by atoms with Gasteiger partial charge in [0.15, 0.2) is 0 Å². The fraction of sp³-hybridized carbons (Fsp3) is 0.125. The number of amides is 2. The molecule has 0 fully saturated rings. The minimum Gasteiger partial charge on any atom is -0.269 e. The molecule has 1 aliphatic rings. The Morgan fingerprint density at radius 2 is 1.48 bits per heavy atom. The summed E-state index contributed by atoms with van der Waals surface area (Å²) in [5.74, 6) is -0.652. The summed E-state index contributed by atoms with van der Waals surface area (Å²) in [7, 11) is 0. The van der Waals surface area contributed by atoms with Crippen molar-refractivity contribution in [2.75, 3.05) is 0 Å². The van der Waals surface area contributed by atoms with Crippen LogP contribution in [0.4, 0.5) is 0 Å². The van der Waals surface area contributed by atoms with Crippen LogP contribution >= 0.6 is 27.5 Å². The molecule has 0 aliphatic carbocycles. The molecular weight excluding hydrogens is 354 g/mol. The SMILES string of the molecule is O=C1c2ccccc2C(=O)N1C(Cl)Cc1ccc(Br)cc1. The van der Waals surface area contributed by atoms with Crippen LogP contribution in [0.3, 0.4) is 0 Å². The van der Waals surface area contributed by atoms with E-state index in [1.807, 2.05) is 24.3 Å². The molecule has 1 atom stereocenters. The highest BCUT2D eigenvalue weighted by Crippen LogP contribution is 2.27. The fourth-order valence-electron chi connectivity index (χ4n) is 2.37. The lowest BCUT2D eigenvalue weighted by molar-refractivity contribution is 0.0634. The summed E-state index contributed by atoms with van der Waals surface area (Å²) in [6.45, 7) is 0. The first-order valence-corrected chi connectivity index (χ1v) is 7.66. The zero-order valence-corrected chi connectivity index (χ0v) is 13.3. The average molecular weight is 365 g/mol. The van der Waals surface area contributed by atoms with Gasteiger partial charge in [-0.05, 0) is 29.8 Å². The maximum atomic E-state index is 12.3. The molecule has 2 aromatic rings. The van der Waals surface area contributed by atoms with Crippen LogP contribution < -0.4 is 0 Å². The van der Waals surface area contributed by atoms with Gasteiger partial charge in [0.25, 0.3) is 11.8 Å². The monoisotopic (exact) mass is 363 g/mol. The van der Waals surface area contributed by atoms with Crippen molar-refractivity contribution in [2.24, 2.45) is 0 Å². The van der Waals surface area contributed by atoms with Crippen LogP contribution in [0.25, 0.3) is 0 Å². The predicted molar refractivity (Wildman–Crippen MR) is 84.4 cm³/mol. The summed E-state index contributed by atoms with van der Waals surface area (Å²) in [4.78, 5) is 25.7. The molecule has 0 radical (unpaired) electrons. The van der Waals surface area contributed by atoms with Crippen LogP contribution in [0.15, 0.2) is 53.0 Å². The Hall–Kier alpha value is -1.65. The van der Waals surface area contributed by atoms with Crippen molar-refractivity contribution in [1.82, 2.24) is 4.90 Å². The van der Waals surface area contributed by atoms with Gasteiger partial charge in [-0.2, -0.15) is 0 Å². The molecule has 0 aromatic heterocycles. The number of carbonyl (C=O) groups is 2. The Balaban J connectivity index is 1.83. The van der Waals surface area contributed by atoms with Crippen LogP contribution in [-0.2, 0) is 6.42 Å². The topological polar surface area (TPSA) is 37.4 Å². The second-order valence-electron chi connectivity index (χ2n) is 4.79. The molecule has 0 saturated heterocycles. The van der Waals surface area contributed by atoms with Crippen molar-refractivity contribution in [3.8, 4) is 0 Å². The standard InChI is InChI=1S/C16H11BrClNO2/c17-11-7-5-10(6-8-11)9-14(18)19-15(20)12-3-1-2-4-13(12)16(19)21/h1-8,14H,9H2. The Morgan fingerprint density at radius 3 is 2.00 bits per heavy atom. The molecule has 1 heterocycles. The lowest BCUT2D eigenvalue weighted by atomic mass is 10.1. The molecule has 2 amide bonds. The molecule has 21 heavy (non-hydrogen) atoms. The second-order valence-corrected chi connectivity index (χ2v) is 6.21. The summed E-state index contributed by atoms with van der Waals surface area (Å²) in [6, 6.07) is 14.4. The van der Waals surface area contributed by atoms with Crippen LogP contribution in [0.5, 0.6) is 0 Å². The van der Waals surface area contributed by atoms with Gasteiger partial charge in [0.1, 0.15) is 5.50 Å². The van der Waals surface area contributed by atoms with Gasteiger partial charge in [-0.1, -0.05) is 51.8 Å². The van der Waals surface area contributed by atoms with Crippen molar-refractivity contribution in [3.05, 3.63) is 69.7 Å². The molecule has 0 spiro atoms. The fourth-order valence-corrected chi connectivity index (χ4v) is 2.99. The van der Waals surface area contributed by atoms with Gasteiger partial charge in [-0.15, -0.1) is 0 Å². The highest BCUT2D eigenvalue weighted by Gasteiger charge is 2.38. The molecule has 106 valence electrons. The maximum absolute atomic E-state index is 12.3. The third-order valence-electron chi connectivity index (χ3n) is 3.42. The molecule has 0 bridgehead atoms. The molecule has 2 aromatic carbocycles. The van der Waals surface area contributed by atoms with E-state index >= 15 is 0 Å². The number of halogens is 2. The van der Waals surface area contributed by atoms with Gasteiger partial charge in [0.05, 0.1) is 11.1 Å². The van der Waals surface area contributed by atoms with E-state index in [1.54, 1.807) is 24.3 Å². The number of hydrogen-bond donors (Lipinski definition) is 0. The number of nitrogens with zero attached hydrogens (tertiary/aromatic N) is 1. The van der Waals surface area contributed by atoms with Gasteiger partial charge in [0, 0.05) is 10.9 Å². The molecule has 3 nitrogen and oxygen atoms in total. The lowest BCUT2D eigenvalue weighted by Gasteiger charge is -2.20. The van der Waals surface area contributed by atoms with E-state index in [-0.39, 0.29) is 11.8 Å². The minimum atomic E-state index is -0.696. The molecule has 5 heteroatoms. The highest BCUT2D eigenvalue weighted by molar-refractivity contribution is 9.10. The summed E-state index contributed by atoms with van der Waals surface area (Å²) in [5, 5.41) is 0. The quantitative estimate of drug-likeness (QED) is 0.471. The molecule has 1 unspecified atom stereocenters. The van der Waals surface area contributed by atoms with E-state index in [2.05, 4.69) is 15.9 Å². The smallest absolute Gasteiger partial charge is 0.262 e. The van der Waals surface area contributed by atoms with Crippen molar-refractivity contribution >= 4 is 39.3 Å². The number of alkyl halides is 1. The zero-order valence-electron chi connectivity index (χ0n) is 10.9. The van der Waals surface area contributed by atoms with E-state index in [0.717, 1.165) is 14.9 Å². The largest absolute Gasteiger partial charge is 0.269 e. The van der Waals surface area contributed by atoms with Gasteiger partial charge in [0.2, 0.25) is 0 Å². The van der Waals surface area contributed by atoms with Crippen LogP contribution in [0.1, 0.15) is 26.3 Å². The van der Waals surface area contributed by atoms with E-state index in [9.17, 15) is 9.59 Å². The maximum Gasteiger partial charge on any atom is 0.262 e. The van der Waals surface area contributed by atoms with Crippen LogP contribution in [0.2, 0.25) is 0 Å². The van der Waals surface area contributed by atoms with Crippen molar-refractivity contribution < 1.29 is 9.59 Å².